The summed E-state index contributed by atoms with van der Waals surface area (Å²) in [5, 5.41) is 11.3. The highest BCUT2D eigenvalue weighted by molar-refractivity contribution is 5.44. The largest absolute Gasteiger partial charge is 0.299 e. The van der Waals surface area contributed by atoms with E-state index in [9.17, 15) is 4.79 Å². The third-order valence-corrected chi connectivity index (χ3v) is 3.66. The highest BCUT2D eigenvalue weighted by Crippen LogP contribution is 2.19. The number of aromatic nitrogens is 2. The number of para-hydroxylation sites is 1. The summed E-state index contributed by atoms with van der Waals surface area (Å²) in [4.78, 5) is 12.5. The fraction of sp³-hybridized carbons (Fsp3) is 0.167. The predicted octanol–water partition coefficient (Wildman–Crippen LogP) is 4.45. The van der Waals surface area contributed by atoms with Gasteiger partial charge in [0.2, 0.25) is 0 Å². The first kappa shape index (κ1) is 15.0. The summed E-state index contributed by atoms with van der Waals surface area (Å²) < 4.78 is 1.48. The lowest BCUT2D eigenvalue weighted by atomic mass is 10.2. The van der Waals surface area contributed by atoms with E-state index < -0.39 is 0 Å². The van der Waals surface area contributed by atoms with Crippen molar-refractivity contribution in [2.45, 2.75) is 20.3 Å². The van der Waals surface area contributed by atoms with Crippen molar-refractivity contribution in [2.24, 2.45) is 10.2 Å². The Labute approximate surface area is 134 Å². The van der Waals surface area contributed by atoms with Crippen LogP contribution in [0.15, 0.2) is 69.6 Å². The van der Waals surface area contributed by atoms with Gasteiger partial charge in [0.15, 0.2) is 5.69 Å². The maximum absolute atomic E-state index is 12.5. The Morgan fingerprint density at radius 3 is 2.35 bits per heavy atom. The lowest BCUT2D eigenvalue weighted by molar-refractivity contribution is 0.835. The zero-order valence-corrected chi connectivity index (χ0v) is 13.2. The fourth-order valence-electron chi connectivity index (χ4n) is 2.32. The van der Waals surface area contributed by atoms with Crippen molar-refractivity contribution in [3.05, 3.63) is 76.2 Å². The van der Waals surface area contributed by atoms with Crippen LogP contribution in [0, 0.1) is 6.92 Å². The molecular weight excluding hydrogens is 288 g/mol. The van der Waals surface area contributed by atoms with Gasteiger partial charge in [0.1, 0.15) is 0 Å². The number of aryl methyl sites for hydroxylation is 2. The summed E-state index contributed by atoms with van der Waals surface area (Å²) in [5.41, 5.74) is 3.56. The highest BCUT2D eigenvalue weighted by atomic mass is 16.1. The molecule has 0 aliphatic carbocycles. The minimum absolute atomic E-state index is 0.206. The fourth-order valence-corrected chi connectivity index (χ4v) is 2.32. The third kappa shape index (κ3) is 3.13. The topological polar surface area (TPSA) is 62.5 Å². The smallest absolute Gasteiger partial charge is 0.293 e. The first-order valence-electron chi connectivity index (χ1n) is 7.56. The molecule has 0 unspecified atom stereocenters. The Kier molecular flexibility index (Phi) is 4.19. The predicted molar refractivity (Wildman–Crippen MR) is 91.1 cm³/mol. The SMILES string of the molecule is CCc1ccc(N=Nc2c(C)[nH]n(-c3ccccc3)c2=O)cc1. The average molecular weight is 306 g/mol. The molecule has 0 aliphatic heterocycles. The zero-order chi connectivity index (χ0) is 16.2. The van der Waals surface area contributed by atoms with Crippen molar-refractivity contribution < 1.29 is 0 Å². The lowest BCUT2D eigenvalue weighted by Gasteiger charge is -1.99. The summed E-state index contributed by atoms with van der Waals surface area (Å²) in [6.07, 6.45) is 0.982. The molecule has 3 aromatic rings. The second kappa shape index (κ2) is 6.44. The number of nitrogens with zero attached hydrogens (tertiary/aromatic N) is 3. The first-order valence-corrected chi connectivity index (χ1v) is 7.56. The van der Waals surface area contributed by atoms with Crippen LogP contribution in [0.5, 0.6) is 0 Å². The molecule has 1 heterocycles. The second-order valence-electron chi connectivity index (χ2n) is 5.28. The maximum Gasteiger partial charge on any atom is 0.299 e. The molecule has 0 saturated carbocycles. The highest BCUT2D eigenvalue weighted by Gasteiger charge is 2.11. The Hall–Kier alpha value is -2.95. The van der Waals surface area contributed by atoms with Crippen molar-refractivity contribution in [1.29, 1.82) is 0 Å². The molecule has 3 rings (SSSR count). The van der Waals surface area contributed by atoms with E-state index >= 15 is 0 Å². The van der Waals surface area contributed by atoms with Gasteiger partial charge in [-0.1, -0.05) is 37.3 Å². The van der Waals surface area contributed by atoms with Crippen LogP contribution in [0.4, 0.5) is 11.4 Å². The van der Waals surface area contributed by atoms with Crippen molar-refractivity contribution >= 4 is 11.4 Å². The molecule has 2 aromatic carbocycles. The number of nitrogens with one attached hydrogen (secondary N) is 1. The number of hydrogen-bond donors (Lipinski definition) is 1. The summed E-state index contributed by atoms with van der Waals surface area (Å²) >= 11 is 0. The van der Waals surface area contributed by atoms with Gasteiger partial charge in [-0.05, 0) is 43.2 Å². The molecule has 0 saturated heterocycles. The quantitative estimate of drug-likeness (QED) is 0.711. The Morgan fingerprint density at radius 1 is 1.00 bits per heavy atom. The molecule has 5 nitrogen and oxygen atoms in total. The number of aromatic amines is 1. The van der Waals surface area contributed by atoms with E-state index in [0.717, 1.165) is 17.8 Å². The van der Waals surface area contributed by atoms with E-state index in [2.05, 4.69) is 22.3 Å². The van der Waals surface area contributed by atoms with Gasteiger partial charge < -0.3 is 0 Å². The second-order valence-corrected chi connectivity index (χ2v) is 5.28. The van der Waals surface area contributed by atoms with Crippen LogP contribution in [0.1, 0.15) is 18.2 Å². The van der Waals surface area contributed by atoms with E-state index in [1.54, 1.807) is 0 Å². The van der Waals surface area contributed by atoms with Crippen LogP contribution < -0.4 is 5.56 Å². The lowest BCUT2D eigenvalue weighted by Crippen LogP contribution is -2.13. The Balaban J connectivity index is 1.93. The summed E-state index contributed by atoms with van der Waals surface area (Å²) in [7, 11) is 0. The van der Waals surface area contributed by atoms with E-state index in [4.69, 9.17) is 0 Å². The van der Waals surface area contributed by atoms with E-state index in [1.807, 2.05) is 61.5 Å². The minimum Gasteiger partial charge on any atom is -0.293 e. The van der Waals surface area contributed by atoms with Crippen LogP contribution >= 0.6 is 0 Å². The minimum atomic E-state index is -0.206. The van der Waals surface area contributed by atoms with Crippen LogP contribution in [0.3, 0.4) is 0 Å². The monoisotopic (exact) mass is 306 g/mol. The van der Waals surface area contributed by atoms with Crippen LogP contribution in [0.25, 0.3) is 5.69 Å². The average Bonchev–Trinajstić information content (AvgIpc) is 2.88. The number of hydrogen-bond acceptors (Lipinski definition) is 3. The van der Waals surface area contributed by atoms with Gasteiger partial charge in [-0.2, -0.15) is 5.11 Å². The number of benzene rings is 2. The molecule has 5 heteroatoms. The van der Waals surface area contributed by atoms with Gasteiger partial charge >= 0.3 is 0 Å². The molecule has 0 bridgehead atoms. The summed E-state index contributed by atoms with van der Waals surface area (Å²) in [6, 6.07) is 17.2. The van der Waals surface area contributed by atoms with Crippen molar-refractivity contribution in [3.8, 4) is 5.69 Å². The van der Waals surface area contributed by atoms with Crippen molar-refractivity contribution in [3.63, 3.8) is 0 Å². The van der Waals surface area contributed by atoms with Gasteiger partial charge in [0, 0.05) is 0 Å². The number of azo groups is 1. The van der Waals surface area contributed by atoms with Crippen molar-refractivity contribution in [2.75, 3.05) is 0 Å². The van der Waals surface area contributed by atoms with E-state index in [1.165, 1.54) is 10.2 Å². The molecular formula is C18H18N4O. The summed E-state index contributed by atoms with van der Waals surface area (Å²) in [5.74, 6) is 0. The normalized spacial score (nSPS) is 11.2. The van der Waals surface area contributed by atoms with Gasteiger partial charge in [-0.15, -0.1) is 5.11 Å². The Morgan fingerprint density at radius 2 is 1.70 bits per heavy atom. The molecule has 23 heavy (non-hydrogen) atoms. The standard InChI is InChI=1S/C18H18N4O/c1-3-14-9-11-15(12-10-14)19-20-17-13(2)21-22(18(17)23)16-7-5-4-6-8-16/h4-12,21H,3H2,1-2H3. The summed E-state index contributed by atoms with van der Waals surface area (Å²) in [6.45, 7) is 3.92. The maximum atomic E-state index is 12.5. The first-order chi connectivity index (χ1) is 11.2. The third-order valence-electron chi connectivity index (χ3n) is 3.66. The molecule has 1 aromatic heterocycles. The molecule has 0 atom stereocenters. The van der Waals surface area contributed by atoms with Crippen LogP contribution in [-0.2, 0) is 6.42 Å². The number of H-pyrrole nitrogens is 1. The number of rotatable bonds is 4. The van der Waals surface area contributed by atoms with E-state index in [-0.39, 0.29) is 5.56 Å². The molecule has 116 valence electrons. The van der Waals surface area contributed by atoms with Crippen molar-refractivity contribution in [1.82, 2.24) is 9.78 Å². The van der Waals surface area contributed by atoms with Crippen LogP contribution in [-0.4, -0.2) is 9.78 Å². The molecule has 0 radical (unpaired) electrons. The molecule has 0 fully saturated rings. The molecule has 0 spiro atoms. The molecule has 1 N–H and O–H groups in total. The van der Waals surface area contributed by atoms with Gasteiger partial charge in [-0.3, -0.25) is 9.89 Å². The van der Waals surface area contributed by atoms with Gasteiger partial charge in [0.05, 0.1) is 17.1 Å². The van der Waals surface area contributed by atoms with Gasteiger partial charge in [0.25, 0.3) is 5.56 Å². The molecule has 0 aliphatic rings. The van der Waals surface area contributed by atoms with Crippen LogP contribution in [0.2, 0.25) is 0 Å². The Bertz CT molecular complexity index is 874. The van der Waals surface area contributed by atoms with E-state index in [0.29, 0.717) is 11.4 Å². The van der Waals surface area contributed by atoms with Gasteiger partial charge in [-0.25, -0.2) is 4.68 Å². The zero-order valence-electron chi connectivity index (χ0n) is 13.2. The molecule has 0 amide bonds.